The Labute approximate surface area is 101 Å². The van der Waals surface area contributed by atoms with Crippen LogP contribution in [0.25, 0.3) is 0 Å². The third kappa shape index (κ3) is 2.84. The molecule has 0 radical (unpaired) electrons. The van der Waals surface area contributed by atoms with Gasteiger partial charge in [0.2, 0.25) is 0 Å². The standard InChI is InChI=1S/C13H20N2O2/c14-5-3-12(16)13(17)10-1-2-11-8-15-6-4-9(11)7-10/h1-2,7,12-13,15-17H,3-6,8,14H2. The van der Waals surface area contributed by atoms with Crippen molar-refractivity contribution >= 4 is 0 Å². The van der Waals surface area contributed by atoms with E-state index in [0.717, 1.165) is 25.1 Å². The number of aliphatic hydroxyl groups is 2. The van der Waals surface area contributed by atoms with Crippen molar-refractivity contribution in [2.45, 2.75) is 31.6 Å². The predicted molar refractivity (Wildman–Crippen MR) is 66.5 cm³/mol. The molecule has 0 amide bonds. The zero-order valence-electron chi connectivity index (χ0n) is 9.89. The van der Waals surface area contributed by atoms with Crippen LogP contribution in [0, 0.1) is 0 Å². The molecule has 4 nitrogen and oxygen atoms in total. The number of aliphatic hydroxyl groups excluding tert-OH is 2. The van der Waals surface area contributed by atoms with Gasteiger partial charge in [0.05, 0.1) is 6.10 Å². The minimum atomic E-state index is -0.835. The first-order chi connectivity index (χ1) is 8.22. The van der Waals surface area contributed by atoms with E-state index in [1.807, 2.05) is 18.2 Å². The molecule has 94 valence electrons. The van der Waals surface area contributed by atoms with Gasteiger partial charge in [-0.25, -0.2) is 0 Å². The van der Waals surface area contributed by atoms with Crippen molar-refractivity contribution in [1.82, 2.24) is 5.32 Å². The number of fused-ring (bicyclic) bond motifs is 1. The molecule has 5 N–H and O–H groups in total. The molecule has 2 atom stereocenters. The van der Waals surface area contributed by atoms with E-state index >= 15 is 0 Å². The predicted octanol–water partition coefficient (Wildman–Crippen LogP) is 0.0754. The molecular formula is C13H20N2O2. The van der Waals surface area contributed by atoms with Gasteiger partial charge in [0.1, 0.15) is 6.10 Å². The van der Waals surface area contributed by atoms with E-state index in [-0.39, 0.29) is 0 Å². The Kier molecular flexibility index (Phi) is 4.12. The van der Waals surface area contributed by atoms with Crippen molar-refractivity contribution in [3.63, 3.8) is 0 Å². The fourth-order valence-electron chi connectivity index (χ4n) is 2.23. The second-order valence-corrected chi connectivity index (χ2v) is 4.54. The molecule has 1 aliphatic rings. The highest BCUT2D eigenvalue weighted by molar-refractivity contribution is 5.35. The smallest absolute Gasteiger partial charge is 0.105 e. The summed E-state index contributed by atoms with van der Waals surface area (Å²) >= 11 is 0. The van der Waals surface area contributed by atoms with Gasteiger partial charge in [-0.3, -0.25) is 0 Å². The fourth-order valence-corrected chi connectivity index (χ4v) is 2.23. The third-order valence-electron chi connectivity index (χ3n) is 3.29. The molecule has 1 aliphatic heterocycles. The molecule has 0 aliphatic carbocycles. The van der Waals surface area contributed by atoms with Crippen molar-refractivity contribution < 1.29 is 10.2 Å². The van der Waals surface area contributed by atoms with Crippen molar-refractivity contribution in [1.29, 1.82) is 0 Å². The molecule has 0 spiro atoms. The average molecular weight is 236 g/mol. The molecular weight excluding hydrogens is 216 g/mol. The first-order valence-electron chi connectivity index (χ1n) is 6.11. The van der Waals surface area contributed by atoms with Crippen LogP contribution in [0.3, 0.4) is 0 Å². The van der Waals surface area contributed by atoms with Crippen LogP contribution in [0.15, 0.2) is 18.2 Å². The van der Waals surface area contributed by atoms with Crippen molar-refractivity contribution in [3.8, 4) is 0 Å². The maximum absolute atomic E-state index is 10.0. The van der Waals surface area contributed by atoms with Gasteiger partial charge in [0.25, 0.3) is 0 Å². The van der Waals surface area contributed by atoms with Gasteiger partial charge in [0.15, 0.2) is 0 Å². The quantitative estimate of drug-likeness (QED) is 0.597. The van der Waals surface area contributed by atoms with E-state index in [0.29, 0.717) is 13.0 Å². The van der Waals surface area contributed by atoms with Crippen molar-refractivity contribution in [2.24, 2.45) is 5.73 Å². The summed E-state index contributed by atoms with van der Waals surface area (Å²) in [5.74, 6) is 0. The second-order valence-electron chi connectivity index (χ2n) is 4.54. The molecule has 0 fully saturated rings. The van der Waals surface area contributed by atoms with Crippen LogP contribution < -0.4 is 11.1 Å². The average Bonchev–Trinajstić information content (AvgIpc) is 2.37. The summed E-state index contributed by atoms with van der Waals surface area (Å²) in [7, 11) is 0. The highest BCUT2D eigenvalue weighted by Crippen LogP contribution is 2.23. The largest absolute Gasteiger partial charge is 0.390 e. The molecule has 0 saturated heterocycles. The van der Waals surface area contributed by atoms with E-state index in [4.69, 9.17) is 5.73 Å². The zero-order chi connectivity index (χ0) is 12.3. The lowest BCUT2D eigenvalue weighted by Crippen LogP contribution is -2.25. The van der Waals surface area contributed by atoms with Crippen molar-refractivity contribution in [2.75, 3.05) is 13.1 Å². The van der Waals surface area contributed by atoms with Gasteiger partial charge in [-0.05, 0) is 42.6 Å². The number of hydrogen-bond donors (Lipinski definition) is 4. The van der Waals surface area contributed by atoms with E-state index < -0.39 is 12.2 Å². The lowest BCUT2D eigenvalue weighted by atomic mass is 9.94. The SMILES string of the molecule is NCCC(O)C(O)c1ccc2c(c1)CCNC2. The molecule has 1 aromatic rings. The highest BCUT2D eigenvalue weighted by atomic mass is 16.3. The summed E-state index contributed by atoms with van der Waals surface area (Å²) in [6, 6.07) is 5.91. The van der Waals surface area contributed by atoms with Crippen molar-refractivity contribution in [3.05, 3.63) is 34.9 Å². The van der Waals surface area contributed by atoms with E-state index in [9.17, 15) is 10.2 Å². The minimum absolute atomic E-state index is 0.382. The van der Waals surface area contributed by atoms with Crippen LogP contribution >= 0.6 is 0 Å². The van der Waals surface area contributed by atoms with Crippen LogP contribution in [-0.4, -0.2) is 29.4 Å². The molecule has 17 heavy (non-hydrogen) atoms. The Bertz CT molecular complexity index is 382. The lowest BCUT2D eigenvalue weighted by Gasteiger charge is -2.22. The van der Waals surface area contributed by atoms with Gasteiger partial charge in [-0.1, -0.05) is 18.2 Å². The fraction of sp³-hybridized carbons (Fsp3) is 0.538. The Balaban J connectivity index is 2.15. The molecule has 1 heterocycles. The first-order valence-corrected chi connectivity index (χ1v) is 6.11. The second kappa shape index (κ2) is 5.60. The molecule has 0 saturated carbocycles. The van der Waals surface area contributed by atoms with Gasteiger partial charge in [-0.2, -0.15) is 0 Å². The minimum Gasteiger partial charge on any atom is -0.390 e. The summed E-state index contributed by atoms with van der Waals surface area (Å²) < 4.78 is 0. The number of benzene rings is 1. The summed E-state index contributed by atoms with van der Waals surface area (Å²) in [5, 5.41) is 23.0. The summed E-state index contributed by atoms with van der Waals surface area (Å²) in [5.41, 5.74) is 8.70. The Morgan fingerprint density at radius 3 is 2.88 bits per heavy atom. The Hall–Kier alpha value is -0.940. The van der Waals surface area contributed by atoms with Crippen LogP contribution in [0.5, 0.6) is 0 Å². The zero-order valence-corrected chi connectivity index (χ0v) is 9.89. The first kappa shape index (κ1) is 12.5. The Morgan fingerprint density at radius 2 is 2.12 bits per heavy atom. The molecule has 0 bridgehead atoms. The van der Waals surface area contributed by atoms with Crippen LogP contribution in [0.2, 0.25) is 0 Å². The highest BCUT2D eigenvalue weighted by Gasteiger charge is 2.19. The summed E-state index contributed by atoms with van der Waals surface area (Å²) in [6.45, 7) is 2.24. The Morgan fingerprint density at radius 1 is 1.29 bits per heavy atom. The summed E-state index contributed by atoms with van der Waals surface area (Å²) in [6.07, 6.45) is -0.221. The van der Waals surface area contributed by atoms with Gasteiger partial charge in [0, 0.05) is 6.54 Å². The maximum atomic E-state index is 10.0. The van der Waals surface area contributed by atoms with Crippen LogP contribution in [0.1, 0.15) is 29.2 Å². The van der Waals surface area contributed by atoms with E-state index in [2.05, 4.69) is 5.32 Å². The number of nitrogens with one attached hydrogen (secondary N) is 1. The number of rotatable bonds is 4. The van der Waals surface area contributed by atoms with Gasteiger partial charge >= 0.3 is 0 Å². The molecule has 1 aromatic carbocycles. The number of hydrogen-bond acceptors (Lipinski definition) is 4. The van der Waals surface area contributed by atoms with E-state index in [1.54, 1.807) is 0 Å². The number of nitrogens with two attached hydrogens (primary N) is 1. The molecule has 2 unspecified atom stereocenters. The monoisotopic (exact) mass is 236 g/mol. The van der Waals surface area contributed by atoms with Gasteiger partial charge < -0.3 is 21.3 Å². The molecule has 2 rings (SSSR count). The molecule has 4 heteroatoms. The molecule has 0 aromatic heterocycles. The normalized spacial score (nSPS) is 18.5. The van der Waals surface area contributed by atoms with Crippen LogP contribution in [0.4, 0.5) is 0 Å². The topological polar surface area (TPSA) is 78.5 Å². The third-order valence-corrected chi connectivity index (χ3v) is 3.29. The van der Waals surface area contributed by atoms with Gasteiger partial charge in [-0.15, -0.1) is 0 Å². The maximum Gasteiger partial charge on any atom is 0.105 e. The van der Waals surface area contributed by atoms with Crippen LogP contribution in [-0.2, 0) is 13.0 Å². The summed E-state index contributed by atoms with van der Waals surface area (Å²) in [4.78, 5) is 0. The van der Waals surface area contributed by atoms with E-state index in [1.165, 1.54) is 11.1 Å². The lowest BCUT2D eigenvalue weighted by molar-refractivity contribution is 0.0149.